The molecular formula is C16H33N3. The van der Waals surface area contributed by atoms with Gasteiger partial charge >= 0.3 is 0 Å². The second-order valence-electron chi connectivity index (χ2n) is 6.61. The van der Waals surface area contributed by atoms with E-state index in [1.807, 2.05) is 6.92 Å². The SMILES string of the molecule is CCCNC(C)(C#N)CC(C)N(CC(C)C)C(C)C. The molecule has 0 heterocycles. The molecule has 2 unspecified atom stereocenters. The van der Waals surface area contributed by atoms with Gasteiger partial charge < -0.3 is 0 Å². The van der Waals surface area contributed by atoms with E-state index in [9.17, 15) is 5.26 Å². The van der Waals surface area contributed by atoms with Gasteiger partial charge in [-0.1, -0.05) is 20.8 Å². The Morgan fingerprint density at radius 3 is 2.16 bits per heavy atom. The maximum atomic E-state index is 9.43. The molecule has 19 heavy (non-hydrogen) atoms. The van der Waals surface area contributed by atoms with Gasteiger partial charge in [-0.2, -0.15) is 5.26 Å². The van der Waals surface area contributed by atoms with Crippen LogP contribution in [0.3, 0.4) is 0 Å². The lowest BCUT2D eigenvalue weighted by Crippen LogP contribution is -2.49. The van der Waals surface area contributed by atoms with Gasteiger partial charge in [0, 0.05) is 18.6 Å². The first-order chi connectivity index (χ1) is 8.75. The molecule has 3 nitrogen and oxygen atoms in total. The Labute approximate surface area is 120 Å². The second-order valence-corrected chi connectivity index (χ2v) is 6.61. The van der Waals surface area contributed by atoms with Crippen LogP contribution in [0.2, 0.25) is 0 Å². The van der Waals surface area contributed by atoms with Gasteiger partial charge in [0.25, 0.3) is 0 Å². The standard InChI is InChI=1S/C16H33N3/c1-8-9-18-16(7,12-17)10-15(6)19(14(4)5)11-13(2)3/h13-15,18H,8-11H2,1-7H3. The van der Waals surface area contributed by atoms with Crippen LogP contribution in [0.1, 0.15) is 61.3 Å². The van der Waals surface area contributed by atoms with Crippen LogP contribution < -0.4 is 5.32 Å². The predicted molar refractivity (Wildman–Crippen MR) is 83.1 cm³/mol. The zero-order valence-electron chi connectivity index (χ0n) is 14.0. The van der Waals surface area contributed by atoms with E-state index in [-0.39, 0.29) is 0 Å². The third-order valence-electron chi connectivity index (χ3n) is 3.52. The van der Waals surface area contributed by atoms with Gasteiger partial charge in [0.2, 0.25) is 0 Å². The Balaban J connectivity index is 4.68. The fourth-order valence-corrected chi connectivity index (χ4v) is 2.59. The smallest absolute Gasteiger partial charge is 0.105 e. The predicted octanol–water partition coefficient (Wildman–Crippen LogP) is 3.41. The summed E-state index contributed by atoms with van der Waals surface area (Å²) in [4.78, 5) is 2.51. The molecule has 112 valence electrons. The zero-order chi connectivity index (χ0) is 15.1. The number of nitrogens with one attached hydrogen (secondary N) is 1. The summed E-state index contributed by atoms with van der Waals surface area (Å²) >= 11 is 0. The molecule has 0 amide bonds. The Morgan fingerprint density at radius 1 is 1.21 bits per heavy atom. The molecule has 0 aromatic heterocycles. The van der Waals surface area contributed by atoms with E-state index in [1.165, 1.54) is 0 Å². The van der Waals surface area contributed by atoms with Crippen LogP contribution >= 0.6 is 0 Å². The third kappa shape index (κ3) is 6.94. The summed E-state index contributed by atoms with van der Waals surface area (Å²) in [6.45, 7) is 17.4. The minimum atomic E-state index is -0.417. The molecule has 0 aliphatic carbocycles. The maximum absolute atomic E-state index is 9.43. The van der Waals surface area contributed by atoms with Crippen molar-refractivity contribution in [2.24, 2.45) is 5.92 Å². The van der Waals surface area contributed by atoms with Crippen LogP contribution in [0.25, 0.3) is 0 Å². The molecule has 0 aromatic rings. The number of rotatable bonds is 9. The first-order valence-corrected chi connectivity index (χ1v) is 7.67. The highest BCUT2D eigenvalue weighted by atomic mass is 15.2. The van der Waals surface area contributed by atoms with Crippen molar-refractivity contribution >= 4 is 0 Å². The van der Waals surface area contributed by atoms with Crippen molar-refractivity contribution in [3.05, 3.63) is 0 Å². The van der Waals surface area contributed by atoms with Crippen molar-refractivity contribution in [3.63, 3.8) is 0 Å². The number of nitrogens with zero attached hydrogens (tertiary/aromatic N) is 2. The number of nitriles is 1. The van der Waals surface area contributed by atoms with E-state index < -0.39 is 5.54 Å². The lowest BCUT2D eigenvalue weighted by Gasteiger charge is -2.37. The molecule has 0 bridgehead atoms. The van der Waals surface area contributed by atoms with Gasteiger partial charge in [-0.15, -0.1) is 0 Å². The highest BCUT2D eigenvalue weighted by Crippen LogP contribution is 2.19. The molecule has 0 spiro atoms. The largest absolute Gasteiger partial charge is 0.300 e. The summed E-state index contributed by atoms with van der Waals surface area (Å²) in [7, 11) is 0. The minimum absolute atomic E-state index is 0.413. The summed E-state index contributed by atoms with van der Waals surface area (Å²) in [6.07, 6.45) is 1.93. The van der Waals surface area contributed by atoms with Crippen LogP contribution in [0.4, 0.5) is 0 Å². The van der Waals surface area contributed by atoms with Crippen molar-refractivity contribution in [3.8, 4) is 6.07 Å². The van der Waals surface area contributed by atoms with Crippen LogP contribution in [-0.2, 0) is 0 Å². The first-order valence-electron chi connectivity index (χ1n) is 7.67. The van der Waals surface area contributed by atoms with E-state index in [1.54, 1.807) is 0 Å². The summed E-state index contributed by atoms with van der Waals surface area (Å²) in [6, 6.07) is 3.39. The molecule has 0 aliphatic rings. The van der Waals surface area contributed by atoms with Crippen molar-refractivity contribution in [2.45, 2.75) is 78.9 Å². The highest BCUT2D eigenvalue weighted by molar-refractivity contribution is 5.05. The van der Waals surface area contributed by atoms with Gasteiger partial charge in [-0.05, 0) is 53.0 Å². The quantitative estimate of drug-likeness (QED) is 0.696. The van der Waals surface area contributed by atoms with Crippen LogP contribution in [0.5, 0.6) is 0 Å². The van der Waals surface area contributed by atoms with E-state index in [4.69, 9.17) is 0 Å². The first kappa shape index (κ1) is 18.4. The van der Waals surface area contributed by atoms with E-state index in [2.05, 4.69) is 57.8 Å². The molecular weight excluding hydrogens is 234 g/mol. The lowest BCUT2D eigenvalue weighted by atomic mass is 9.93. The van der Waals surface area contributed by atoms with Crippen molar-refractivity contribution in [1.29, 1.82) is 5.26 Å². The highest BCUT2D eigenvalue weighted by Gasteiger charge is 2.29. The van der Waals surface area contributed by atoms with Gasteiger partial charge in [0.05, 0.1) is 6.07 Å². The molecule has 2 atom stereocenters. The maximum Gasteiger partial charge on any atom is 0.105 e. The molecule has 1 N–H and O–H groups in total. The van der Waals surface area contributed by atoms with Crippen molar-refractivity contribution < 1.29 is 0 Å². The summed E-state index contributed by atoms with van der Waals surface area (Å²) < 4.78 is 0. The van der Waals surface area contributed by atoms with E-state index in [0.29, 0.717) is 18.0 Å². The van der Waals surface area contributed by atoms with Gasteiger partial charge in [0.15, 0.2) is 0 Å². The number of hydrogen-bond acceptors (Lipinski definition) is 3. The van der Waals surface area contributed by atoms with Crippen LogP contribution in [0, 0.1) is 17.2 Å². The Kier molecular flexibility index (Phi) is 8.29. The molecule has 0 aliphatic heterocycles. The number of hydrogen-bond donors (Lipinski definition) is 1. The molecule has 0 aromatic carbocycles. The normalized spacial score (nSPS) is 16.7. The Hall–Kier alpha value is -0.590. The molecule has 0 saturated carbocycles. The molecule has 0 fully saturated rings. The van der Waals surface area contributed by atoms with Crippen LogP contribution in [0.15, 0.2) is 0 Å². The molecule has 0 rings (SSSR count). The van der Waals surface area contributed by atoms with Gasteiger partial charge in [-0.3, -0.25) is 10.2 Å². The average molecular weight is 267 g/mol. The zero-order valence-corrected chi connectivity index (χ0v) is 14.0. The molecule has 0 radical (unpaired) electrons. The second kappa shape index (κ2) is 8.55. The Bertz CT molecular complexity index is 280. The Morgan fingerprint density at radius 2 is 1.79 bits per heavy atom. The van der Waals surface area contributed by atoms with Gasteiger partial charge in [0.1, 0.15) is 5.54 Å². The molecule has 3 heteroatoms. The van der Waals surface area contributed by atoms with Crippen LogP contribution in [-0.4, -0.2) is 35.6 Å². The molecule has 0 saturated heterocycles. The van der Waals surface area contributed by atoms with Crippen molar-refractivity contribution in [1.82, 2.24) is 10.2 Å². The average Bonchev–Trinajstić information content (AvgIpc) is 2.32. The van der Waals surface area contributed by atoms with Gasteiger partial charge in [-0.25, -0.2) is 0 Å². The fraction of sp³-hybridized carbons (Fsp3) is 0.938. The van der Waals surface area contributed by atoms with E-state index >= 15 is 0 Å². The summed E-state index contributed by atoms with van der Waals surface area (Å²) in [5.74, 6) is 0.654. The summed E-state index contributed by atoms with van der Waals surface area (Å²) in [5, 5.41) is 12.8. The minimum Gasteiger partial charge on any atom is -0.300 e. The third-order valence-corrected chi connectivity index (χ3v) is 3.52. The van der Waals surface area contributed by atoms with Crippen molar-refractivity contribution in [2.75, 3.05) is 13.1 Å². The van der Waals surface area contributed by atoms with E-state index in [0.717, 1.165) is 25.9 Å². The topological polar surface area (TPSA) is 39.1 Å². The monoisotopic (exact) mass is 267 g/mol. The lowest BCUT2D eigenvalue weighted by molar-refractivity contribution is 0.123. The summed E-state index contributed by atoms with van der Waals surface area (Å²) in [5.41, 5.74) is -0.417. The fourth-order valence-electron chi connectivity index (χ4n) is 2.59.